The molecule has 0 aliphatic heterocycles. The van der Waals surface area contributed by atoms with E-state index < -0.39 is 5.60 Å². The van der Waals surface area contributed by atoms with Crippen LogP contribution in [0, 0.1) is 25.7 Å². The monoisotopic (exact) mass is 255 g/mol. The molecule has 2 heteroatoms. The van der Waals surface area contributed by atoms with E-state index in [-0.39, 0.29) is 0 Å². The van der Waals surface area contributed by atoms with E-state index in [0.29, 0.717) is 5.70 Å². The molecule has 1 aromatic rings. The van der Waals surface area contributed by atoms with E-state index in [1.165, 1.54) is 11.1 Å². The Kier molecular flexibility index (Phi) is 5.09. The van der Waals surface area contributed by atoms with Gasteiger partial charge >= 0.3 is 0 Å². The molecule has 2 nitrogen and oxygen atoms in total. The zero-order chi connectivity index (χ0) is 14.5. The Morgan fingerprint density at radius 2 is 1.95 bits per heavy atom. The van der Waals surface area contributed by atoms with Crippen LogP contribution in [0.2, 0.25) is 0 Å². The Morgan fingerprint density at radius 3 is 2.47 bits per heavy atom. The fourth-order valence-corrected chi connectivity index (χ4v) is 1.70. The average Bonchev–Trinajstić information content (AvgIpc) is 2.37. The van der Waals surface area contributed by atoms with Crippen molar-refractivity contribution in [2.45, 2.75) is 40.2 Å². The lowest BCUT2D eigenvalue weighted by molar-refractivity contribution is 0.159. The van der Waals surface area contributed by atoms with Crippen molar-refractivity contribution < 1.29 is 5.11 Å². The van der Waals surface area contributed by atoms with Gasteiger partial charge in [0.25, 0.3) is 0 Å². The minimum Gasteiger partial charge on any atom is -0.372 e. The highest BCUT2D eigenvalue weighted by Crippen LogP contribution is 2.17. The summed E-state index contributed by atoms with van der Waals surface area (Å²) in [5.41, 5.74) is 2.66. The molecule has 0 aromatic heterocycles. The third-order valence-corrected chi connectivity index (χ3v) is 3.00. The number of hydrogen-bond donors (Lipinski definition) is 1. The molecule has 1 unspecified atom stereocenters. The highest BCUT2D eigenvalue weighted by atomic mass is 16.3. The van der Waals surface area contributed by atoms with Crippen LogP contribution in [-0.4, -0.2) is 16.9 Å². The summed E-state index contributed by atoms with van der Waals surface area (Å²) in [4.78, 5) is 4.14. The molecular formula is C17H21NO. The van der Waals surface area contributed by atoms with E-state index in [1.807, 2.05) is 32.0 Å². The molecule has 0 heterocycles. The van der Waals surface area contributed by atoms with Crippen molar-refractivity contribution in [2.75, 3.05) is 0 Å². The summed E-state index contributed by atoms with van der Waals surface area (Å²) >= 11 is 0. The lowest BCUT2D eigenvalue weighted by atomic mass is 10.0. The fraction of sp³-hybridized carbons (Fsp3) is 0.353. The molecule has 0 fully saturated rings. The number of rotatable bonds is 2. The van der Waals surface area contributed by atoms with Crippen LogP contribution in [0.15, 0.2) is 35.0 Å². The second-order valence-corrected chi connectivity index (χ2v) is 4.68. The van der Waals surface area contributed by atoms with Crippen molar-refractivity contribution in [1.29, 1.82) is 0 Å². The van der Waals surface area contributed by atoms with E-state index >= 15 is 0 Å². The van der Waals surface area contributed by atoms with Crippen LogP contribution in [0.25, 0.3) is 0 Å². The maximum atomic E-state index is 10.3. The normalized spacial score (nSPS) is 14.9. The second kappa shape index (κ2) is 6.36. The molecule has 1 rings (SSSR count). The van der Waals surface area contributed by atoms with Crippen molar-refractivity contribution in [3.05, 3.63) is 46.7 Å². The van der Waals surface area contributed by atoms with E-state index in [1.54, 1.807) is 19.2 Å². The molecule has 0 radical (unpaired) electrons. The molecule has 100 valence electrons. The molecule has 19 heavy (non-hydrogen) atoms. The lowest BCUT2D eigenvalue weighted by Crippen LogP contribution is -2.23. The molecule has 1 aromatic carbocycles. The molecule has 0 spiro atoms. The Bertz CT molecular complexity index is 569. The molecular weight excluding hydrogens is 234 g/mol. The van der Waals surface area contributed by atoms with Gasteiger partial charge in [0.2, 0.25) is 0 Å². The maximum Gasteiger partial charge on any atom is 0.164 e. The Morgan fingerprint density at radius 1 is 1.26 bits per heavy atom. The van der Waals surface area contributed by atoms with Crippen molar-refractivity contribution in [1.82, 2.24) is 0 Å². The highest BCUT2D eigenvalue weighted by Gasteiger charge is 2.21. The van der Waals surface area contributed by atoms with Gasteiger partial charge in [0.15, 0.2) is 5.60 Å². The minimum absolute atomic E-state index is 0.561. The van der Waals surface area contributed by atoms with E-state index in [4.69, 9.17) is 0 Å². The zero-order valence-corrected chi connectivity index (χ0v) is 12.3. The van der Waals surface area contributed by atoms with Crippen molar-refractivity contribution in [3.63, 3.8) is 0 Å². The van der Waals surface area contributed by atoms with Crippen LogP contribution < -0.4 is 0 Å². The molecule has 0 amide bonds. The summed E-state index contributed by atoms with van der Waals surface area (Å²) < 4.78 is 0. The van der Waals surface area contributed by atoms with Gasteiger partial charge < -0.3 is 5.11 Å². The predicted molar refractivity (Wildman–Crippen MR) is 81.3 cm³/mol. The number of aryl methyl sites for hydroxylation is 2. The molecule has 1 atom stereocenters. The van der Waals surface area contributed by atoms with Gasteiger partial charge in [0.1, 0.15) is 0 Å². The second-order valence-electron chi connectivity index (χ2n) is 4.68. The Balaban J connectivity index is 3.07. The van der Waals surface area contributed by atoms with Crippen LogP contribution in [0.1, 0.15) is 37.5 Å². The van der Waals surface area contributed by atoms with E-state index in [9.17, 15) is 5.11 Å². The summed E-state index contributed by atoms with van der Waals surface area (Å²) in [5, 5.41) is 10.3. The standard InChI is InChI=1S/C17H21NO/c1-6-16(18-7-2)17(5,19)11-10-15-9-8-13(3)14(4)12-15/h6-9,12,19H,1-5H3. The van der Waals surface area contributed by atoms with Crippen LogP contribution in [0.3, 0.4) is 0 Å². The quantitative estimate of drug-likeness (QED) is 0.637. The van der Waals surface area contributed by atoms with Gasteiger partial charge in [-0.15, -0.1) is 0 Å². The number of aliphatic imine (C=N–C) groups is 1. The van der Waals surface area contributed by atoms with E-state index in [0.717, 1.165) is 5.56 Å². The topological polar surface area (TPSA) is 32.6 Å². The third kappa shape index (κ3) is 4.08. The third-order valence-electron chi connectivity index (χ3n) is 3.00. The van der Waals surface area contributed by atoms with Crippen LogP contribution in [-0.2, 0) is 0 Å². The first-order chi connectivity index (χ1) is 8.90. The summed E-state index contributed by atoms with van der Waals surface area (Å²) in [7, 11) is 0. The van der Waals surface area contributed by atoms with Crippen molar-refractivity contribution >= 4 is 6.21 Å². The largest absolute Gasteiger partial charge is 0.372 e. The summed E-state index contributed by atoms with van der Waals surface area (Å²) in [6.07, 6.45) is 3.43. The zero-order valence-electron chi connectivity index (χ0n) is 12.3. The van der Waals surface area contributed by atoms with Gasteiger partial charge in [-0.2, -0.15) is 0 Å². The number of allylic oxidation sites excluding steroid dienone is 1. The van der Waals surface area contributed by atoms with Gasteiger partial charge in [-0.05, 0) is 57.9 Å². The predicted octanol–water partition coefficient (Wildman–Crippen LogP) is 3.40. The minimum atomic E-state index is -1.24. The Labute approximate surface area is 115 Å². The maximum absolute atomic E-state index is 10.3. The number of aliphatic hydroxyl groups is 1. The highest BCUT2D eigenvalue weighted by molar-refractivity contribution is 5.56. The van der Waals surface area contributed by atoms with Gasteiger partial charge in [0.05, 0.1) is 5.70 Å². The number of benzene rings is 1. The van der Waals surface area contributed by atoms with Gasteiger partial charge in [0, 0.05) is 11.8 Å². The van der Waals surface area contributed by atoms with Crippen LogP contribution >= 0.6 is 0 Å². The lowest BCUT2D eigenvalue weighted by Gasteiger charge is -2.16. The number of hydrogen-bond acceptors (Lipinski definition) is 2. The van der Waals surface area contributed by atoms with Crippen LogP contribution in [0.4, 0.5) is 0 Å². The fourth-order valence-electron chi connectivity index (χ4n) is 1.70. The summed E-state index contributed by atoms with van der Waals surface area (Å²) in [5.74, 6) is 5.89. The van der Waals surface area contributed by atoms with Crippen LogP contribution in [0.5, 0.6) is 0 Å². The first-order valence-corrected chi connectivity index (χ1v) is 6.39. The molecule has 1 N–H and O–H groups in total. The summed E-state index contributed by atoms with van der Waals surface area (Å²) in [6.45, 7) is 9.43. The molecule has 0 saturated heterocycles. The molecule has 0 aliphatic carbocycles. The number of nitrogens with zero attached hydrogens (tertiary/aromatic N) is 1. The summed E-state index contributed by atoms with van der Waals surface area (Å²) in [6, 6.07) is 6.02. The van der Waals surface area contributed by atoms with Gasteiger partial charge in [-0.25, -0.2) is 0 Å². The molecule has 0 saturated carbocycles. The molecule has 0 aliphatic rings. The average molecular weight is 255 g/mol. The van der Waals surface area contributed by atoms with Gasteiger partial charge in [-0.1, -0.05) is 24.0 Å². The first-order valence-electron chi connectivity index (χ1n) is 6.39. The van der Waals surface area contributed by atoms with E-state index in [2.05, 4.69) is 30.7 Å². The first kappa shape index (κ1) is 15.2. The van der Waals surface area contributed by atoms with Crippen molar-refractivity contribution in [2.24, 2.45) is 4.99 Å². The molecule has 0 bridgehead atoms. The Hall–Kier alpha value is -1.85. The van der Waals surface area contributed by atoms with Crippen molar-refractivity contribution in [3.8, 4) is 11.8 Å². The smallest absolute Gasteiger partial charge is 0.164 e. The van der Waals surface area contributed by atoms with Gasteiger partial charge in [-0.3, -0.25) is 4.99 Å². The SMILES string of the molecule is CC=NC(=CC)C(C)(O)C#Cc1ccc(C)c(C)c1.